The van der Waals surface area contributed by atoms with Crippen LogP contribution in [0.1, 0.15) is 46.5 Å². The fourth-order valence-electron chi connectivity index (χ4n) is 2.95. The number of carboxylic acids is 1. The van der Waals surface area contributed by atoms with Gasteiger partial charge < -0.3 is 14.9 Å². The lowest BCUT2D eigenvalue weighted by Gasteiger charge is -2.44. The molecular formula is C15H22O4. The predicted octanol–water partition coefficient (Wildman–Crippen LogP) is 3.20. The summed E-state index contributed by atoms with van der Waals surface area (Å²) in [4.78, 5) is 10.7. The van der Waals surface area contributed by atoms with E-state index in [9.17, 15) is 9.90 Å². The highest BCUT2D eigenvalue weighted by molar-refractivity contribution is 5.66. The van der Waals surface area contributed by atoms with E-state index >= 15 is 0 Å². The molecule has 0 spiro atoms. The summed E-state index contributed by atoms with van der Waals surface area (Å²) in [5.74, 6) is -0.213. The Morgan fingerprint density at radius 1 is 1.53 bits per heavy atom. The average Bonchev–Trinajstić information content (AvgIpc) is 2.35. The Hall–Kier alpha value is -1.29. The van der Waals surface area contributed by atoms with Gasteiger partial charge in [-0.1, -0.05) is 0 Å². The fraction of sp³-hybridized carbons (Fsp3) is 0.667. The molecule has 1 aliphatic heterocycles. The third-order valence-corrected chi connectivity index (χ3v) is 4.45. The smallest absolute Gasteiger partial charge is 0.303 e. The first-order valence-electron chi connectivity index (χ1n) is 6.80. The summed E-state index contributed by atoms with van der Waals surface area (Å²) in [5.41, 5.74) is 1.57. The molecule has 2 N–H and O–H groups in total. The summed E-state index contributed by atoms with van der Waals surface area (Å²) in [7, 11) is 0. The summed E-state index contributed by atoms with van der Waals surface area (Å²) >= 11 is 0. The Bertz CT molecular complexity index is 449. The maximum atomic E-state index is 10.7. The second kappa shape index (κ2) is 5.00. The first kappa shape index (κ1) is 14.1. The molecule has 1 saturated heterocycles. The fourth-order valence-corrected chi connectivity index (χ4v) is 2.95. The molecule has 3 atom stereocenters. The zero-order chi connectivity index (χ0) is 14.2. The first-order chi connectivity index (χ1) is 8.82. The molecule has 0 radical (unpaired) electrons. The van der Waals surface area contributed by atoms with Crippen LogP contribution in [-0.2, 0) is 9.53 Å². The molecule has 0 aromatic carbocycles. The second-order valence-corrected chi connectivity index (χ2v) is 5.94. The van der Waals surface area contributed by atoms with Gasteiger partial charge in [-0.2, -0.15) is 0 Å². The van der Waals surface area contributed by atoms with E-state index in [1.807, 2.05) is 26.8 Å². The molecule has 0 bridgehead atoms. The van der Waals surface area contributed by atoms with Crippen LogP contribution in [-0.4, -0.2) is 27.9 Å². The van der Waals surface area contributed by atoms with Crippen molar-refractivity contribution >= 4 is 5.97 Å². The molecule has 19 heavy (non-hydrogen) atoms. The van der Waals surface area contributed by atoms with Gasteiger partial charge in [0, 0.05) is 12.3 Å². The largest absolute Gasteiger partial charge is 0.508 e. The van der Waals surface area contributed by atoms with Gasteiger partial charge in [-0.05, 0) is 57.3 Å². The Morgan fingerprint density at radius 3 is 2.84 bits per heavy atom. The van der Waals surface area contributed by atoms with Crippen LogP contribution in [0.5, 0.6) is 0 Å². The molecule has 0 aromatic heterocycles. The van der Waals surface area contributed by atoms with Gasteiger partial charge in [-0.3, -0.25) is 4.79 Å². The van der Waals surface area contributed by atoms with Crippen LogP contribution in [0.4, 0.5) is 0 Å². The maximum absolute atomic E-state index is 10.7. The Balaban J connectivity index is 2.13. The number of aliphatic carboxylic acids is 1. The minimum absolute atomic E-state index is 0.0246. The number of carboxylic acid groups (broad SMARTS) is 1. The van der Waals surface area contributed by atoms with Gasteiger partial charge in [0.1, 0.15) is 5.76 Å². The van der Waals surface area contributed by atoms with E-state index in [0.717, 1.165) is 24.0 Å². The van der Waals surface area contributed by atoms with Crippen molar-refractivity contribution in [3.63, 3.8) is 0 Å². The van der Waals surface area contributed by atoms with Crippen LogP contribution in [0.3, 0.4) is 0 Å². The van der Waals surface area contributed by atoms with E-state index in [-0.39, 0.29) is 24.0 Å². The van der Waals surface area contributed by atoms with Crippen LogP contribution in [0.15, 0.2) is 23.0 Å². The maximum Gasteiger partial charge on any atom is 0.303 e. The first-order valence-corrected chi connectivity index (χ1v) is 6.80. The predicted molar refractivity (Wildman–Crippen MR) is 72.0 cm³/mol. The van der Waals surface area contributed by atoms with Crippen molar-refractivity contribution in [1.82, 2.24) is 0 Å². The summed E-state index contributed by atoms with van der Waals surface area (Å²) < 4.78 is 6.18. The molecule has 2 unspecified atom stereocenters. The van der Waals surface area contributed by atoms with Gasteiger partial charge in [0.05, 0.1) is 11.7 Å². The molecule has 2 rings (SSSR count). The quantitative estimate of drug-likeness (QED) is 0.823. The minimum Gasteiger partial charge on any atom is -0.508 e. The molecule has 4 heteroatoms. The molecule has 0 amide bonds. The van der Waals surface area contributed by atoms with Crippen molar-refractivity contribution in [3.05, 3.63) is 23.0 Å². The van der Waals surface area contributed by atoms with E-state index < -0.39 is 5.97 Å². The molecule has 4 nitrogen and oxygen atoms in total. The van der Waals surface area contributed by atoms with Gasteiger partial charge >= 0.3 is 5.97 Å². The zero-order valence-corrected chi connectivity index (χ0v) is 11.8. The third kappa shape index (κ3) is 2.84. The van der Waals surface area contributed by atoms with Crippen molar-refractivity contribution in [1.29, 1.82) is 0 Å². The van der Waals surface area contributed by atoms with Crippen LogP contribution in [0.2, 0.25) is 0 Å². The number of hydrogen-bond acceptors (Lipinski definition) is 3. The lowest BCUT2D eigenvalue weighted by molar-refractivity contribution is -0.145. The number of hydrogen-bond donors (Lipinski definition) is 2. The lowest BCUT2D eigenvalue weighted by Crippen LogP contribution is -2.44. The van der Waals surface area contributed by atoms with Crippen LogP contribution < -0.4 is 0 Å². The summed E-state index contributed by atoms with van der Waals surface area (Å²) in [6, 6.07) is 0. The minimum atomic E-state index is -0.781. The SMILES string of the molecule is CC1=C(C)C2O[C@](C)(CCC(=O)O)CCC2C=C1O. The molecule has 1 aliphatic carbocycles. The number of allylic oxidation sites excluding steroid dienone is 1. The highest BCUT2D eigenvalue weighted by Crippen LogP contribution is 2.42. The monoisotopic (exact) mass is 266 g/mol. The Kier molecular flexibility index (Phi) is 3.72. The highest BCUT2D eigenvalue weighted by Gasteiger charge is 2.40. The normalized spacial score (nSPS) is 34.8. The van der Waals surface area contributed by atoms with Crippen LogP contribution in [0, 0.1) is 5.92 Å². The van der Waals surface area contributed by atoms with Crippen molar-refractivity contribution < 1.29 is 19.7 Å². The molecular weight excluding hydrogens is 244 g/mol. The molecule has 0 aromatic rings. The molecule has 1 heterocycles. The third-order valence-electron chi connectivity index (χ3n) is 4.45. The van der Waals surface area contributed by atoms with Crippen molar-refractivity contribution in [3.8, 4) is 0 Å². The van der Waals surface area contributed by atoms with E-state index in [0.29, 0.717) is 12.2 Å². The van der Waals surface area contributed by atoms with Gasteiger partial charge in [0.2, 0.25) is 0 Å². The summed E-state index contributed by atoms with van der Waals surface area (Å²) in [5, 5.41) is 18.7. The standard InChI is InChI=1S/C15H22O4/c1-9-10(2)14-11(8-12(9)16)4-6-15(3,19-14)7-5-13(17)18/h8,11,14,16H,4-7H2,1-3H3,(H,17,18)/t11?,14?,15-/m0/s1. The summed E-state index contributed by atoms with van der Waals surface area (Å²) in [6.45, 7) is 5.87. The Morgan fingerprint density at radius 2 is 2.21 bits per heavy atom. The van der Waals surface area contributed by atoms with Crippen LogP contribution in [0.25, 0.3) is 0 Å². The molecule has 0 saturated carbocycles. The highest BCUT2D eigenvalue weighted by atomic mass is 16.5. The van der Waals surface area contributed by atoms with Gasteiger partial charge in [-0.15, -0.1) is 0 Å². The van der Waals surface area contributed by atoms with E-state index in [1.54, 1.807) is 0 Å². The van der Waals surface area contributed by atoms with E-state index in [4.69, 9.17) is 9.84 Å². The van der Waals surface area contributed by atoms with Gasteiger partial charge in [-0.25, -0.2) is 0 Å². The average molecular weight is 266 g/mol. The van der Waals surface area contributed by atoms with Gasteiger partial charge in [0.25, 0.3) is 0 Å². The second-order valence-electron chi connectivity index (χ2n) is 5.94. The van der Waals surface area contributed by atoms with E-state index in [1.165, 1.54) is 0 Å². The van der Waals surface area contributed by atoms with Crippen molar-refractivity contribution in [2.24, 2.45) is 5.92 Å². The zero-order valence-electron chi connectivity index (χ0n) is 11.8. The van der Waals surface area contributed by atoms with Crippen molar-refractivity contribution in [2.45, 2.75) is 58.2 Å². The molecule has 106 valence electrons. The number of aliphatic hydroxyl groups excluding tert-OH is 1. The van der Waals surface area contributed by atoms with Crippen molar-refractivity contribution in [2.75, 3.05) is 0 Å². The number of carbonyl (C=O) groups is 1. The number of aliphatic hydroxyl groups is 1. The Labute approximate surface area is 113 Å². The number of ether oxygens (including phenoxy) is 1. The lowest BCUT2D eigenvalue weighted by atomic mass is 9.77. The summed E-state index contributed by atoms with van der Waals surface area (Å²) in [6.07, 6.45) is 4.28. The number of fused-ring (bicyclic) bond motifs is 1. The molecule has 1 fully saturated rings. The number of rotatable bonds is 3. The van der Waals surface area contributed by atoms with E-state index in [2.05, 4.69) is 0 Å². The topological polar surface area (TPSA) is 66.8 Å². The van der Waals surface area contributed by atoms with Crippen LogP contribution >= 0.6 is 0 Å². The molecule has 2 aliphatic rings. The van der Waals surface area contributed by atoms with Gasteiger partial charge in [0.15, 0.2) is 0 Å².